The van der Waals surface area contributed by atoms with Gasteiger partial charge in [-0.2, -0.15) is 26.7 Å². The molecule has 112 valence electrons. The lowest BCUT2D eigenvalue weighted by Crippen LogP contribution is -2.36. The lowest BCUT2D eigenvalue weighted by atomic mass is 9.88. The van der Waals surface area contributed by atoms with Gasteiger partial charge in [-0.05, 0) is 19.1 Å². The Morgan fingerprint density at radius 1 is 1.20 bits per heavy atom. The summed E-state index contributed by atoms with van der Waals surface area (Å²) in [5, 5.41) is 3.30. The fourth-order valence-corrected chi connectivity index (χ4v) is 3.39. The normalized spacial score (nSPS) is 17.6. The second-order valence-corrected chi connectivity index (χ2v) is 6.19. The van der Waals surface area contributed by atoms with Crippen molar-refractivity contribution in [1.29, 1.82) is 0 Å². The van der Waals surface area contributed by atoms with Crippen LogP contribution in [0.5, 0.6) is 6.01 Å². The van der Waals surface area contributed by atoms with E-state index >= 15 is 0 Å². The molecule has 1 aromatic heterocycles. The third-order valence-electron chi connectivity index (χ3n) is 3.69. The number of nitrogen functional groups attached to an aromatic ring is 1. The molecule has 20 heavy (non-hydrogen) atoms. The monoisotopic (exact) mass is 298 g/mol. The van der Waals surface area contributed by atoms with Crippen LogP contribution in [-0.2, 0) is 0 Å². The lowest BCUT2D eigenvalue weighted by Gasteiger charge is -2.35. The third kappa shape index (κ3) is 3.63. The van der Waals surface area contributed by atoms with Crippen LogP contribution < -0.4 is 21.3 Å². The topological polar surface area (TPSA) is 98.0 Å². The highest BCUT2D eigenvalue weighted by Crippen LogP contribution is 2.38. The lowest BCUT2D eigenvalue weighted by molar-refractivity contribution is 0.378. The van der Waals surface area contributed by atoms with Crippen molar-refractivity contribution in [2.75, 3.05) is 30.7 Å². The molecule has 1 saturated carbocycles. The summed E-state index contributed by atoms with van der Waals surface area (Å²) >= 11 is 1.93. The van der Waals surface area contributed by atoms with E-state index in [2.05, 4.69) is 32.0 Å². The van der Waals surface area contributed by atoms with Crippen molar-refractivity contribution < 1.29 is 4.74 Å². The molecule has 0 radical (unpaired) electrons. The maximum Gasteiger partial charge on any atom is 0.322 e. The highest BCUT2D eigenvalue weighted by atomic mass is 32.2. The first kappa shape index (κ1) is 15.1. The van der Waals surface area contributed by atoms with Crippen LogP contribution in [0.25, 0.3) is 0 Å². The minimum absolute atomic E-state index is 0.247. The molecule has 0 spiro atoms. The minimum Gasteiger partial charge on any atom is -0.467 e. The van der Waals surface area contributed by atoms with Crippen molar-refractivity contribution in [2.24, 2.45) is 5.84 Å². The van der Waals surface area contributed by atoms with E-state index < -0.39 is 0 Å². The average Bonchev–Trinajstić information content (AvgIpc) is 2.53. The van der Waals surface area contributed by atoms with Gasteiger partial charge in [0, 0.05) is 11.3 Å². The number of anilines is 2. The fraction of sp³-hybridized carbons (Fsp3) is 0.750. The smallest absolute Gasteiger partial charge is 0.322 e. The first-order valence-corrected chi connectivity index (χ1v) is 7.99. The summed E-state index contributed by atoms with van der Waals surface area (Å²) < 4.78 is 5.31. The number of rotatable bonds is 6. The van der Waals surface area contributed by atoms with Crippen molar-refractivity contribution in [3.8, 4) is 6.01 Å². The van der Waals surface area contributed by atoms with Crippen LogP contribution in [0.15, 0.2) is 0 Å². The average molecular weight is 298 g/mol. The van der Waals surface area contributed by atoms with E-state index in [4.69, 9.17) is 10.6 Å². The van der Waals surface area contributed by atoms with Gasteiger partial charge in [0.15, 0.2) is 0 Å². The molecule has 7 nitrogen and oxygen atoms in total. The number of ether oxygens (including phenoxy) is 1. The molecule has 1 heterocycles. The Bertz CT molecular complexity index is 416. The van der Waals surface area contributed by atoms with Gasteiger partial charge >= 0.3 is 6.01 Å². The van der Waals surface area contributed by atoms with Crippen LogP contribution in [-0.4, -0.2) is 39.6 Å². The van der Waals surface area contributed by atoms with Gasteiger partial charge in [0.25, 0.3) is 0 Å². The Balaban J connectivity index is 2.05. The van der Waals surface area contributed by atoms with E-state index in [1.807, 2.05) is 11.8 Å². The summed E-state index contributed by atoms with van der Waals surface area (Å²) in [6.45, 7) is 0.839. The maximum absolute atomic E-state index is 5.34. The molecule has 0 amide bonds. The standard InChI is InChI=1S/C12H22N6OS/c1-19-11-16-9(15-10(17-11)18-13)14-8-12(20-2)6-4-3-5-7-12/h3-8,13H2,1-2H3,(H2,14,15,16,17,18). The molecule has 1 fully saturated rings. The van der Waals surface area contributed by atoms with E-state index in [0.717, 1.165) is 6.54 Å². The zero-order valence-corrected chi connectivity index (χ0v) is 12.8. The van der Waals surface area contributed by atoms with Crippen molar-refractivity contribution >= 4 is 23.7 Å². The zero-order valence-electron chi connectivity index (χ0n) is 12.0. The summed E-state index contributed by atoms with van der Waals surface area (Å²) in [5.74, 6) is 6.13. The molecule has 1 aliphatic rings. The fourth-order valence-electron chi connectivity index (χ4n) is 2.48. The van der Waals surface area contributed by atoms with Gasteiger partial charge in [0.2, 0.25) is 11.9 Å². The molecule has 0 unspecified atom stereocenters. The van der Waals surface area contributed by atoms with E-state index in [9.17, 15) is 0 Å². The number of nitrogens with two attached hydrogens (primary N) is 1. The number of nitrogens with one attached hydrogen (secondary N) is 2. The Hall–Kier alpha value is -1.28. The number of hydrogen-bond acceptors (Lipinski definition) is 8. The Morgan fingerprint density at radius 2 is 1.90 bits per heavy atom. The van der Waals surface area contributed by atoms with Crippen LogP contribution in [0.1, 0.15) is 32.1 Å². The van der Waals surface area contributed by atoms with E-state index in [-0.39, 0.29) is 10.8 Å². The van der Waals surface area contributed by atoms with Gasteiger partial charge in [-0.25, -0.2) is 5.84 Å². The number of thioether (sulfide) groups is 1. The molecule has 8 heteroatoms. The molecule has 0 aromatic carbocycles. The van der Waals surface area contributed by atoms with Crippen LogP contribution in [0.3, 0.4) is 0 Å². The van der Waals surface area contributed by atoms with Gasteiger partial charge in [-0.1, -0.05) is 19.3 Å². The second-order valence-electron chi connectivity index (χ2n) is 4.92. The largest absolute Gasteiger partial charge is 0.467 e. The van der Waals surface area contributed by atoms with Gasteiger partial charge in [0.05, 0.1) is 7.11 Å². The summed E-state index contributed by atoms with van der Waals surface area (Å²) in [6.07, 6.45) is 8.55. The molecule has 1 aromatic rings. The first-order chi connectivity index (χ1) is 9.71. The molecule has 0 bridgehead atoms. The molecule has 1 aliphatic carbocycles. The number of aromatic nitrogens is 3. The number of hydrogen-bond donors (Lipinski definition) is 3. The van der Waals surface area contributed by atoms with Crippen molar-refractivity contribution in [2.45, 2.75) is 36.9 Å². The van der Waals surface area contributed by atoms with Gasteiger partial charge in [-0.15, -0.1) is 0 Å². The second kappa shape index (κ2) is 6.94. The van der Waals surface area contributed by atoms with Crippen molar-refractivity contribution in [3.63, 3.8) is 0 Å². The van der Waals surface area contributed by atoms with Crippen LogP contribution in [0.4, 0.5) is 11.9 Å². The van der Waals surface area contributed by atoms with Crippen LogP contribution >= 0.6 is 11.8 Å². The molecule has 0 aliphatic heterocycles. The molecule has 4 N–H and O–H groups in total. The molecule has 2 rings (SSSR count). The molecular weight excluding hydrogens is 276 g/mol. The predicted molar refractivity (Wildman–Crippen MR) is 82.0 cm³/mol. The van der Waals surface area contributed by atoms with Crippen molar-refractivity contribution in [1.82, 2.24) is 15.0 Å². The molecule has 0 atom stereocenters. The van der Waals surface area contributed by atoms with Gasteiger partial charge < -0.3 is 10.1 Å². The Labute approximate surface area is 123 Å². The van der Waals surface area contributed by atoms with E-state index in [1.54, 1.807) is 0 Å². The molecule has 0 saturated heterocycles. The van der Waals surface area contributed by atoms with Crippen LogP contribution in [0.2, 0.25) is 0 Å². The Morgan fingerprint density at radius 3 is 2.50 bits per heavy atom. The third-order valence-corrected chi connectivity index (χ3v) is 5.11. The zero-order chi connectivity index (χ0) is 14.4. The highest BCUT2D eigenvalue weighted by molar-refractivity contribution is 8.00. The number of methoxy groups -OCH3 is 1. The summed E-state index contributed by atoms with van der Waals surface area (Å²) in [6, 6.07) is 0.247. The Kier molecular flexibility index (Phi) is 5.24. The molecular formula is C12H22N6OS. The van der Waals surface area contributed by atoms with E-state index in [0.29, 0.717) is 11.9 Å². The SMILES string of the molecule is COc1nc(NN)nc(NCC2(SC)CCCCC2)n1. The highest BCUT2D eigenvalue weighted by Gasteiger charge is 2.31. The minimum atomic E-state index is 0.247. The van der Waals surface area contributed by atoms with Gasteiger partial charge in [-0.3, -0.25) is 5.43 Å². The summed E-state index contributed by atoms with van der Waals surface area (Å²) in [7, 11) is 1.52. The predicted octanol–water partition coefficient (Wildman–Crippen LogP) is 1.64. The van der Waals surface area contributed by atoms with E-state index in [1.165, 1.54) is 39.2 Å². The number of nitrogens with zero attached hydrogens (tertiary/aromatic N) is 3. The maximum atomic E-state index is 5.34. The summed E-state index contributed by atoms with van der Waals surface area (Å²) in [4.78, 5) is 12.4. The first-order valence-electron chi connectivity index (χ1n) is 6.77. The van der Waals surface area contributed by atoms with Crippen molar-refractivity contribution in [3.05, 3.63) is 0 Å². The van der Waals surface area contributed by atoms with Crippen LogP contribution in [0, 0.1) is 0 Å². The summed E-state index contributed by atoms with van der Waals surface area (Å²) in [5.41, 5.74) is 2.42. The number of hydrazine groups is 1. The van der Waals surface area contributed by atoms with Gasteiger partial charge in [0.1, 0.15) is 0 Å². The quantitative estimate of drug-likeness (QED) is 0.538.